The van der Waals surface area contributed by atoms with Crippen LogP contribution in [0.2, 0.25) is 0 Å². The number of terminal acetylenes is 2. The molecule has 0 saturated carbocycles. The molecule has 0 aliphatic carbocycles. The average Bonchev–Trinajstić information content (AvgIpc) is 2.85. The molecule has 0 aliphatic rings. The van der Waals surface area contributed by atoms with E-state index < -0.39 is 0 Å². The number of ether oxygens (including phenoxy) is 2. The number of halogens is 2. The molecule has 0 spiro atoms. The zero-order valence-corrected chi connectivity index (χ0v) is 20.3. The molecule has 0 amide bonds. The first-order valence-corrected chi connectivity index (χ1v) is 11.3. The van der Waals surface area contributed by atoms with E-state index in [1.807, 2.05) is 6.07 Å². The van der Waals surface area contributed by atoms with Gasteiger partial charge < -0.3 is 9.47 Å². The third-order valence-corrected chi connectivity index (χ3v) is 5.70. The first-order valence-electron chi connectivity index (χ1n) is 10.3. The molecule has 166 valence electrons. The predicted molar refractivity (Wildman–Crippen MR) is 140 cm³/mol. The quantitative estimate of drug-likeness (QED) is 0.276. The van der Waals surface area contributed by atoms with E-state index in [0.717, 1.165) is 33.4 Å². The summed E-state index contributed by atoms with van der Waals surface area (Å²) in [6.45, 7) is 4.16. The maximum atomic E-state index is 6.40. The van der Waals surface area contributed by atoms with Crippen LogP contribution in [0.4, 0.5) is 0 Å². The first kappa shape index (κ1) is 24.7. The van der Waals surface area contributed by atoms with Gasteiger partial charge in [-0.25, -0.2) is 0 Å². The monoisotopic (exact) mass is 482 g/mol. The second-order valence-electron chi connectivity index (χ2n) is 7.36. The molecule has 0 aromatic heterocycles. The van der Waals surface area contributed by atoms with Gasteiger partial charge in [0.25, 0.3) is 0 Å². The fourth-order valence-corrected chi connectivity index (χ4v) is 3.96. The highest BCUT2D eigenvalue weighted by molar-refractivity contribution is 6.18. The van der Waals surface area contributed by atoms with E-state index in [0.29, 0.717) is 23.3 Å². The molecule has 0 bridgehead atoms. The third kappa shape index (κ3) is 5.70. The minimum atomic E-state index is 0.314. The van der Waals surface area contributed by atoms with E-state index >= 15 is 0 Å². The molecular formula is C30H20Cl2O2. The van der Waals surface area contributed by atoms with Gasteiger partial charge in [0, 0.05) is 23.6 Å². The lowest BCUT2D eigenvalue weighted by molar-refractivity contribution is 0.452. The Bertz CT molecular complexity index is 1430. The number of benzene rings is 3. The van der Waals surface area contributed by atoms with Crippen LogP contribution in [0.25, 0.3) is 22.3 Å². The van der Waals surface area contributed by atoms with Crippen molar-refractivity contribution in [2.24, 2.45) is 0 Å². The lowest BCUT2D eigenvalue weighted by Crippen LogP contribution is -1.97. The van der Waals surface area contributed by atoms with Crippen molar-refractivity contribution in [3.63, 3.8) is 0 Å². The summed E-state index contributed by atoms with van der Waals surface area (Å²) < 4.78 is 10.9. The molecule has 34 heavy (non-hydrogen) atoms. The average molecular weight is 483 g/mol. The van der Waals surface area contributed by atoms with E-state index in [2.05, 4.69) is 80.1 Å². The van der Waals surface area contributed by atoms with Crippen molar-refractivity contribution in [1.82, 2.24) is 0 Å². The summed E-state index contributed by atoms with van der Waals surface area (Å²) in [4.78, 5) is 0. The van der Waals surface area contributed by atoms with Crippen LogP contribution in [-0.4, -0.2) is 0 Å². The highest BCUT2D eigenvalue weighted by atomic mass is 35.5. The van der Waals surface area contributed by atoms with Crippen LogP contribution in [0.5, 0.6) is 11.5 Å². The summed E-state index contributed by atoms with van der Waals surface area (Å²) in [5.41, 5.74) is 8.27. The van der Waals surface area contributed by atoms with Gasteiger partial charge in [0.1, 0.15) is 12.2 Å². The van der Waals surface area contributed by atoms with Crippen molar-refractivity contribution in [1.29, 1.82) is 0 Å². The summed E-state index contributed by atoms with van der Waals surface area (Å²) >= 11 is 12.8. The molecule has 2 nitrogen and oxygen atoms in total. The Morgan fingerprint density at radius 3 is 1.97 bits per heavy atom. The van der Waals surface area contributed by atoms with E-state index in [4.69, 9.17) is 45.5 Å². The lowest BCUT2D eigenvalue weighted by Gasteiger charge is -2.17. The van der Waals surface area contributed by atoms with Gasteiger partial charge in [-0.05, 0) is 88.9 Å². The molecule has 0 radical (unpaired) electrons. The smallest absolute Gasteiger partial charge is 0.184 e. The zero-order chi connectivity index (χ0) is 24.5. The summed E-state index contributed by atoms with van der Waals surface area (Å²) in [5.74, 6) is 10.6. The Labute approximate surface area is 211 Å². The molecule has 0 atom stereocenters. The molecule has 3 aromatic carbocycles. The van der Waals surface area contributed by atoms with Crippen LogP contribution in [-0.2, 0) is 11.8 Å². The molecule has 0 N–H and O–H groups in total. The number of aryl methyl sites for hydroxylation is 2. The molecule has 3 aromatic rings. The lowest BCUT2D eigenvalue weighted by atomic mass is 9.89. The van der Waals surface area contributed by atoms with Gasteiger partial charge in [0.15, 0.2) is 11.5 Å². The van der Waals surface area contributed by atoms with Crippen LogP contribution in [0.15, 0.2) is 48.5 Å². The van der Waals surface area contributed by atoms with E-state index in [9.17, 15) is 0 Å². The van der Waals surface area contributed by atoms with Gasteiger partial charge in [0.05, 0.1) is 0 Å². The van der Waals surface area contributed by atoms with Crippen molar-refractivity contribution in [2.45, 2.75) is 25.6 Å². The largest absolute Gasteiger partial charge is 0.403 e. The van der Waals surface area contributed by atoms with Crippen molar-refractivity contribution in [2.75, 3.05) is 0 Å². The van der Waals surface area contributed by atoms with Crippen molar-refractivity contribution < 1.29 is 9.47 Å². The molecule has 0 saturated heterocycles. The van der Waals surface area contributed by atoms with Gasteiger partial charge in [-0.2, -0.15) is 0 Å². The minimum Gasteiger partial charge on any atom is -0.403 e. The fraction of sp³-hybridized carbons (Fsp3) is 0.133. The van der Waals surface area contributed by atoms with Crippen LogP contribution in [0, 0.1) is 62.6 Å². The maximum Gasteiger partial charge on any atom is 0.184 e. The Morgan fingerprint density at radius 1 is 0.706 bits per heavy atom. The summed E-state index contributed by atoms with van der Waals surface area (Å²) in [6, 6.07) is 15.9. The number of hydrogen-bond donors (Lipinski definition) is 0. The van der Waals surface area contributed by atoms with Crippen molar-refractivity contribution in [3.8, 4) is 82.5 Å². The van der Waals surface area contributed by atoms with Gasteiger partial charge in [-0.15, -0.1) is 36.0 Å². The maximum absolute atomic E-state index is 6.40. The minimum absolute atomic E-state index is 0.314. The molecule has 0 unspecified atom stereocenters. The summed E-state index contributed by atoms with van der Waals surface area (Å²) in [6.07, 6.45) is 15.2. The van der Waals surface area contributed by atoms with Crippen LogP contribution >= 0.6 is 23.2 Å². The molecule has 0 fully saturated rings. The topological polar surface area (TPSA) is 18.5 Å². The Balaban J connectivity index is 2.16. The second kappa shape index (κ2) is 11.8. The van der Waals surface area contributed by atoms with E-state index in [1.54, 1.807) is 12.1 Å². The Kier molecular flexibility index (Phi) is 8.58. The van der Waals surface area contributed by atoms with Gasteiger partial charge in [-0.1, -0.05) is 29.8 Å². The highest BCUT2D eigenvalue weighted by Gasteiger charge is 2.16. The Hall–Kier alpha value is -3.92. The van der Waals surface area contributed by atoms with Gasteiger partial charge >= 0.3 is 0 Å². The number of rotatable bonds is 6. The normalized spacial score (nSPS) is 9.47. The zero-order valence-electron chi connectivity index (χ0n) is 18.8. The molecule has 3 rings (SSSR count). The molecule has 0 heterocycles. The second-order valence-corrected chi connectivity index (χ2v) is 7.90. The summed E-state index contributed by atoms with van der Waals surface area (Å²) in [5, 5.41) is 0. The molecule has 4 heteroatoms. The molecule has 0 aliphatic heterocycles. The summed E-state index contributed by atoms with van der Waals surface area (Å²) in [7, 11) is 0. The SMILES string of the molecule is C#CC#COc1ccc(-c2cc(CCl)c(-c3cc(C)ccc3C)cc2CCl)cc1OC#CC#C. The van der Waals surface area contributed by atoms with Crippen molar-refractivity contribution >= 4 is 23.2 Å². The van der Waals surface area contributed by atoms with E-state index in [1.165, 1.54) is 11.1 Å². The highest BCUT2D eigenvalue weighted by Crippen LogP contribution is 2.39. The van der Waals surface area contributed by atoms with Gasteiger partial charge in [0.2, 0.25) is 0 Å². The van der Waals surface area contributed by atoms with E-state index in [-0.39, 0.29) is 0 Å². The number of alkyl halides is 2. The standard InChI is InChI=1S/C30H20Cl2O2/c1-5-7-13-33-29-12-11-23(18-30(29)34-14-8-6-2)27-16-25(20-32)28(17-24(27)19-31)26-15-21(3)9-10-22(26)4/h1-2,9-12,15-18H,19-20H2,3-4H3. The van der Waals surface area contributed by atoms with Gasteiger partial charge in [-0.3, -0.25) is 0 Å². The van der Waals surface area contributed by atoms with Crippen molar-refractivity contribution in [3.05, 3.63) is 70.8 Å². The van der Waals surface area contributed by atoms with Crippen LogP contribution < -0.4 is 9.47 Å². The van der Waals surface area contributed by atoms with Crippen LogP contribution in [0.3, 0.4) is 0 Å². The fourth-order valence-electron chi connectivity index (χ4n) is 3.52. The number of hydrogen-bond acceptors (Lipinski definition) is 2. The Morgan fingerprint density at radius 2 is 1.32 bits per heavy atom. The molecular weight excluding hydrogens is 463 g/mol. The third-order valence-electron chi connectivity index (χ3n) is 5.12. The van der Waals surface area contributed by atoms with Crippen LogP contribution in [0.1, 0.15) is 22.3 Å². The predicted octanol–water partition coefficient (Wildman–Crippen LogP) is 7.06. The first-order chi connectivity index (χ1) is 16.5.